The Morgan fingerprint density at radius 3 is 2.30 bits per heavy atom. The first kappa shape index (κ1) is 16.2. The van der Waals surface area contributed by atoms with Crippen LogP contribution in [0.3, 0.4) is 0 Å². The molecule has 2 rings (SSSR count). The highest BCUT2D eigenvalue weighted by atomic mass is 32.2. The molecule has 0 spiro atoms. The van der Waals surface area contributed by atoms with Crippen molar-refractivity contribution >= 4 is 10.2 Å². The number of nitrogens with zero attached hydrogens (tertiary/aromatic N) is 3. The average Bonchev–Trinajstić information content (AvgIpc) is 2.76. The Morgan fingerprint density at radius 2 is 1.65 bits per heavy atom. The normalized spacial score (nSPS) is 26.3. The van der Waals surface area contributed by atoms with E-state index in [1.165, 1.54) is 0 Å². The Hall–Kier alpha value is -0.210. The van der Waals surface area contributed by atoms with E-state index in [2.05, 4.69) is 24.1 Å². The molecule has 0 aromatic rings. The zero-order valence-corrected chi connectivity index (χ0v) is 13.5. The van der Waals surface area contributed by atoms with Gasteiger partial charge in [-0.3, -0.25) is 4.90 Å². The molecule has 1 N–H and O–H groups in total. The van der Waals surface area contributed by atoms with Crippen molar-refractivity contribution in [2.75, 3.05) is 52.4 Å². The van der Waals surface area contributed by atoms with Gasteiger partial charge in [0.05, 0.1) is 0 Å². The summed E-state index contributed by atoms with van der Waals surface area (Å²) in [6, 6.07) is 0.544. The maximum atomic E-state index is 12.6. The highest BCUT2D eigenvalue weighted by Gasteiger charge is 2.33. The van der Waals surface area contributed by atoms with Gasteiger partial charge in [0.1, 0.15) is 0 Å². The van der Waals surface area contributed by atoms with E-state index in [9.17, 15) is 8.42 Å². The Morgan fingerprint density at radius 1 is 1.00 bits per heavy atom. The molecule has 0 radical (unpaired) electrons. The zero-order chi connectivity index (χ0) is 14.6. The lowest BCUT2D eigenvalue weighted by atomic mass is 10.2. The van der Waals surface area contributed by atoms with Crippen molar-refractivity contribution in [2.24, 2.45) is 0 Å². The third-order valence-corrected chi connectivity index (χ3v) is 6.47. The standard InChI is InChI=1S/C13H28N4O2S/c1-3-13(2)15-9-11-17(12-10-15)20(18,19)16-7-4-5-14-6-8-16/h13-14H,3-12H2,1-2H3. The molecular weight excluding hydrogens is 276 g/mol. The van der Waals surface area contributed by atoms with E-state index in [0.717, 1.165) is 39.0 Å². The van der Waals surface area contributed by atoms with Crippen LogP contribution in [-0.2, 0) is 10.2 Å². The summed E-state index contributed by atoms with van der Waals surface area (Å²) in [5.74, 6) is 0. The molecule has 1 unspecified atom stereocenters. The summed E-state index contributed by atoms with van der Waals surface area (Å²) in [7, 11) is -3.26. The monoisotopic (exact) mass is 304 g/mol. The molecule has 7 heteroatoms. The summed E-state index contributed by atoms with van der Waals surface area (Å²) >= 11 is 0. The van der Waals surface area contributed by atoms with Crippen LogP contribution < -0.4 is 5.32 Å². The van der Waals surface area contributed by atoms with Gasteiger partial charge in [0.25, 0.3) is 10.2 Å². The van der Waals surface area contributed by atoms with Crippen LogP contribution in [0.25, 0.3) is 0 Å². The van der Waals surface area contributed by atoms with Crippen molar-refractivity contribution in [1.82, 2.24) is 18.8 Å². The molecule has 2 aliphatic heterocycles. The lowest BCUT2D eigenvalue weighted by molar-refractivity contribution is 0.138. The highest BCUT2D eigenvalue weighted by molar-refractivity contribution is 7.86. The molecule has 0 aromatic carbocycles. The Kier molecular flexibility index (Phi) is 5.80. The quantitative estimate of drug-likeness (QED) is 0.791. The summed E-state index contributed by atoms with van der Waals surface area (Å²) in [6.07, 6.45) is 2.01. The number of rotatable bonds is 4. The molecule has 2 aliphatic rings. The van der Waals surface area contributed by atoms with E-state index >= 15 is 0 Å². The molecule has 2 saturated heterocycles. The Balaban J connectivity index is 1.94. The smallest absolute Gasteiger partial charge is 0.282 e. The Labute approximate surface area is 123 Å². The van der Waals surface area contributed by atoms with Crippen LogP contribution in [0.15, 0.2) is 0 Å². The molecule has 0 aromatic heterocycles. The molecule has 2 heterocycles. The average molecular weight is 304 g/mol. The second-order valence-electron chi connectivity index (χ2n) is 5.70. The molecular formula is C13H28N4O2S. The first-order valence-electron chi connectivity index (χ1n) is 7.75. The van der Waals surface area contributed by atoms with Crippen LogP contribution >= 0.6 is 0 Å². The van der Waals surface area contributed by atoms with Crippen LogP contribution in [0.1, 0.15) is 26.7 Å². The molecule has 1 atom stereocenters. The van der Waals surface area contributed by atoms with Crippen LogP contribution in [0.5, 0.6) is 0 Å². The second-order valence-corrected chi connectivity index (χ2v) is 7.63. The molecule has 0 bridgehead atoms. The fourth-order valence-corrected chi connectivity index (χ4v) is 4.48. The summed E-state index contributed by atoms with van der Waals surface area (Å²) in [5, 5.41) is 3.25. The molecule has 118 valence electrons. The van der Waals surface area contributed by atoms with Gasteiger partial charge in [-0.2, -0.15) is 17.0 Å². The lowest BCUT2D eigenvalue weighted by Gasteiger charge is -2.38. The fraction of sp³-hybridized carbons (Fsp3) is 1.00. The third-order valence-electron chi connectivity index (χ3n) is 4.44. The highest BCUT2D eigenvalue weighted by Crippen LogP contribution is 2.15. The third kappa shape index (κ3) is 3.71. The maximum absolute atomic E-state index is 12.6. The van der Waals surface area contributed by atoms with E-state index in [4.69, 9.17) is 0 Å². The van der Waals surface area contributed by atoms with E-state index in [-0.39, 0.29) is 0 Å². The van der Waals surface area contributed by atoms with Gasteiger partial charge in [0.2, 0.25) is 0 Å². The van der Waals surface area contributed by atoms with Crippen LogP contribution in [0.2, 0.25) is 0 Å². The van der Waals surface area contributed by atoms with Crippen molar-refractivity contribution in [3.05, 3.63) is 0 Å². The Bertz CT molecular complexity index is 385. The number of hydrogen-bond acceptors (Lipinski definition) is 4. The molecule has 2 fully saturated rings. The fourth-order valence-electron chi connectivity index (χ4n) is 2.85. The van der Waals surface area contributed by atoms with Crippen molar-refractivity contribution in [1.29, 1.82) is 0 Å². The first-order valence-corrected chi connectivity index (χ1v) is 9.15. The predicted molar refractivity (Wildman–Crippen MR) is 80.9 cm³/mol. The largest absolute Gasteiger partial charge is 0.315 e. The van der Waals surface area contributed by atoms with Gasteiger partial charge in [0.15, 0.2) is 0 Å². The van der Waals surface area contributed by atoms with Gasteiger partial charge in [0, 0.05) is 51.9 Å². The number of piperazine rings is 1. The van der Waals surface area contributed by atoms with Gasteiger partial charge in [-0.15, -0.1) is 0 Å². The van der Waals surface area contributed by atoms with Gasteiger partial charge < -0.3 is 5.32 Å². The van der Waals surface area contributed by atoms with Crippen molar-refractivity contribution in [2.45, 2.75) is 32.7 Å². The predicted octanol–water partition coefficient (Wildman–Crippen LogP) is -0.0574. The molecule has 0 aliphatic carbocycles. The molecule has 6 nitrogen and oxygen atoms in total. The van der Waals surface area contributed by atoms with E-state index in [1.807, 2.05) is 0 Å². The van der Waals surface area contributed by atoms with E-state index < -0.39 is 10.2 Å². The lowest BCUT2D eigenvalue weighted by Crippen LogP contribution is -2.55. The van der Waals surface area contributed by atoms with Gasteiger partial charge in [-0.25, -0.2) is 0 Å². The van der Waals surface area contributed by atoms with E-state index in [1.54, 1.807) is 8.61 Å². The minimum Gasteiger partial charge on any atom is -0.315 e. The minimum atomic E-state index is -3.26. The SMILES string of the molecule is CCC(C)N1CCN(S(=O)(=O)N2CCCNCC2)CC1. The van der Waals surface area contributed by atoms with E-state index in [0.29, 0.717) is 32.2 Å². The first-order chi connectivity index (χ1) is 9.55. The van der Waals surface area contributed by atoms with Gasteiger partial charge in [-0.05, 0) is 26.3 Å². The van der Waals surface area contributed by atoms with Crippen LogP contribution in [-0.4, -0.2) is 80.3 Å². The summed E-state index contributed by atoms with van der Waals surface area (Å²) in [4.78, 5) is 2.38. The van der Waals surface area contributed by atoms with Crippen molar-refractivity contribution in [3.8, 4) is 0 Å². The van der Waals surface area contributed by atoms with Gasteiger partial charge >= 0.3 is 0 Å². The van der Waals surface area contributed by atoms with Crippen LogP contribution in [0.4, 0.5) is 0 Å². The number of nitrogens with one attached hydrogen (secondary N) is 1. The topological polar surface area (TPSA) is 55.9 Å². The molecule has 20 heavy (non-hydrogen) atoms. The van der Waals surface area contributed by atoms with Crippen LogP contribution in [0, 0.1) is 0 Å². The summed E-state index contributed by atoms with van der Waals surface area (Å²) in [5.41, 5.74) is 0. The maximum Gasteiger partial charge on any atom is 0.282 e. The van der Waals surface area contributed by atoms with Crippen molar-refractivity contribution in [3.63, 3.8) is 0 Å². The van der Waals surface area contributed by atoms with Gasteiger partial charge in [-0.1, -0.05) is 6.92 Å². The zero-order valence-electron chi connectivity index (χ0n) is 12.7. The summed E-state index contributed by atoms with van der Waals surface area (Å²) < 4.78 is 28.6. The molecule has 0 amide bonds. The second kappa shape index (κ2) is 7.17. The summed E-state index contributed by atoms with van der Waals surface area (Å²) in [6.45, 7) is 10.2. The number of hydrogen-bond donors (Lipinski definition) is 1. The molecule has 0 saturated carbocycles. The minimum absolute atomic E-state index is 0.544. The van der Waals surface area contributed by atoms with Crippen molar-refractivity contribution < 1.29 is 8.42 Å².